The lowest BCUT2D eigenvalue weighted by Gasteiger charge is -2.32. The van der Waals surface area contributed by atoms with Crippen LogP contribution in [0.3, 0.4) is 0 Å². The Morgan fingerprint density at radius 3 is 2.30 bits per heavy atom. The van der Waals surface area contributed by atoms with Crippen LogP contribution in [0.1, 0.15) is 43.5 Å². The van der Waals surface area contributed by atoms with Crippen LogP contribution in [0.25, 0.3) is 16.2 Å². The third-order valence-electron chi connectivity index (χ3n) is 5.76. The lowest BCUT2D eigenvalue weighted by atomic mass is 9.72. The number of nitrogens with zero attached hydrogens (tertiary/aromatic N) is 4. The number of hydrogen-bond donors (Lipinski definition) is 0. The molecule has 5 rings (SSSR count). The van der Waals surface area contributed by atoms with Crippen LogP contribution in [0.15, 0.2) is 84.6 Å². The number of benzene rings is 2. The van der Waals surface area contributed by atoms with Crippen LogP contribution in [0.4, 0.5) is 0 Å². The van der Waals surface area contributed by atoms with Gasteiger partial charge in [0.25, 0.3) is 0 Å². The maximum Gasteiger partial charge on any atom is 0.212 e. The fourth-order valence-electron chi connectivity index (χ4n) is 4.27. The van der Waals surface area contributed by atoms with E-state index in [1.165, 1.54) is 11.1 Å². The van der Waals surface area contributed by atoms with E-state index in [9.17, 15) is 0 Å². The molecule has 0 aliphatic rings. The molecule has 2 aromatic carbocycles. The summed E-state index contributed by atoms with van der Waals surface area (Å²) in [5.74, 6) is 1.10. The van der Waals surface area contributed by atoms with Crippen molar-refractivity contribution in [3.05, 3.63) is 101 Å². The average Bonchev–Trinajstić information content (AvgIpc) is 3.43. The molecule has 166 valence electrons. The highest BCUT2D eigenvalue weighted by atomic mass is 32.1. The topological polar surface area (TPSA) is 52.3 Å². The van der Waals surface area contributed by atoms with Gasteiger partial charge >= 0.3 is 0 Å². The maximum atomic E-state index is 5.93. The van der Waals surface area contributed by atoms with Gasteiger partial charge < -0.3 is 4.74 Å². The van der Waals surface area contributed by atoms with E-state index in [1.54, 1.807) is 17.5 Å². The van der Waals surface area contributed by atoms with Crippen molar-refractivity contribution in [2.24, 2.45) is 5.41 Å². The molecule has 0 bridgehead atoms. The summed E-state index contributed by atoms with van der Waals surface area (Å²) in [6.45, 7) is 7.32. The average molecular weight is 455 g/mol. The van der Waals surface area contributed by atoms with E-state index in [1.807, 2.05) is 34.4 Å². The minimum Gasteiger partial charge on any atom is -0.487 e. The number of hydrogen-bond acceptors (Lipinski definition) is 5. The fraction of sp³-hybridized carbons (Fsp3) is 0.222. The molecule has 0 fully saturated rings. The van der Waals surface area contributed by atoms with Gasteiger partial charge in [0.1, 0.15) is 17.9 Å². The summed E-state index contributed by atoms with van der Waals surface area (Å²) in [5, 5.41) is 4.40. The second kappa shape index (κ2) is 8.79. The first-order chi connectivity index (χ1) is 16.0. The summed E-state index contributed by atoms with van der Waals surface area (Å²) in [6, 6.07) is 23.1. The van der Waals surface area contributed by atoms with Crippen LogP contribution in [0.5, 0.6) is 5.75 Å². The van der Waals surface area contributed by atoms with Crippen LogP contribution in [0, 0.1) is 5.41 Å². The van der Waals surface area contributed by atoms with Crippen molar-refractivity contribution < 1.29 is 4.74 Å². The first-order valence-corrected chi connectivity index (χ1v) is 11.9. The Balaban J connectivity index is 1.38. The number of rotatable bonds is 6. The van der Waals surface area contributed by atoms with Gasteiger partial charge in [-0.05, 0) is 40.8 Å². The van der Waals surface area contributed by atoms with Crippen molar-refractivity contribution in [3.63, 3.8) is 0 Å². The van der Waals surface area contributed by atoms with Crippen LogP contribution in [-0.4, -0.2) is 19.6 Å². The molecule has 0 radical (unpaired) electrons. The number of imidazole rings is 1. The predicted octanol–water partition coefficient (Wildman–Crippen LogP) is 6.61. The molecule has 1 unspecified atom stereocenters. The van der Waals surface area contributed by atoms with Crippen LogP contribution >= 0.6 is 11.3 Å². The molecule has 3 heterocycles. The molecule has 0 saturated carbocycles. The summed E-state index contributed by atoms with van der Waals surface area (Å²) < 4.78 is 7.82. The summed E-state index contributed by atoms with van der Waals surface area (Å²) >= 11 is 1.54. The van der Waals surface area contributed by atoms with Gasteiger partial charge in [-0.2, -0.15) is 5.10 Å². The van der Waals surface area contributed by atoms with E-state index in [-0.39, 0.29) is 11.3 Å². The molecule has 0 amide bonds. The number of aromatic nitrogens is 4. The zero-order chi connectivity index (χ0) is 22.8. The molecular weight excluding hydrogens is 428 g/mol. The minimum atomic E-state index is 0.0522. The van der Waals surface area contributed by atoms with Gasteiger partial charge in [0.15, 0.2) is 0 Å². The van der Waals surface area contributed by atoms with Gasteiger partial charge in [-0.25, -0.2) is 9.50 Å². The third-order valence-corrected chi connectivity index (χ3v) is 6.45. The van der Waals surface area contributed by atoms with Crippen molar-refractivity contribution in [2.75, 3.05) is 0 Å². The largest absolute Gasteiger partial charge is 0.487 e. The lowest BCUT2D eigenvalue weighted by Crippen LogP contribution is -2.19. The first-order valence-electron chi connectivity index (χ1n) is 11.0. The molecule has 33 heavy (non-hydrogen) atoms. The monoisotopic (exact) mass is 454 g/mol. The molecule has 0 N–H and O–H groups in total. The second-order valence-corrected chi connectivity index (χ2v) is 9.99. The summed E-state index contributed by atoms with van der Waals surface area (Å²) in [4.78, 5) is 9.67. The molecule has 3 aromatic heterocycles. The van der Waals surface area contributed by atoms with Crippen molar-refractivity contribution in [1.82, 2.24) is 19.6 Å². The zero-order valence-electron chi connectivity index (χ0n) is 19.0. The van der Waals surface area contributed by atoms with Crippen molar-refractivity contribution in [3.8, 4) is 17.0 Å². The highest BCUT2D eigenvalue weighted by Crippen LogP contribution is 2.41. The standard InChI is InChI=1S/C27H26N4OS/c1-27(2,3)25(21-11-13-23(14-12-21)32-17-22-6-4-5-15-28-22)20-9-7-19(8-10-20)24-16-29-26-31(24)30-18-33-26/h4-16,18,25H,17H2,1-3H3. The Hall–Kier alpha value is -3.51. The SMILES string of the molecule is CC(C)(C)C(c1ccc(OCc2ccccn2)cc1)c1ccc(-c2cnc3scnn23)cc1. The minimum absolute atomic E-state index is 0.0522. The van der Waals surface area contributed by atoms with Crippen molar-refractivity contribution >= 4 is 16.3 Å². The van der Waals surface area contributed by atoms with E-state index in [0.717, 1.165) is 27.7 Å². The van der Waals surface area contributed by atoms with Gasteiger partial charge in [-0.1, -0.05) is 74.6 Å². The first kappa shape index (κ1) is 21.3. The maximum absolute atomic E-state index is 5.93. The summed E-state index contributed by atoms with van der Waals surface area (Å²) in [7, 11) is 0. The highest BCUT2D eigenvalue weighted by Gasteiger charge is 2.28. The quantitative estimate of drug-likeness (QED) is 0.290. The van der Waals surface area contributed by atoms with E-state index in [4.69, 9.17) is 4.74 Å². The predicted molar refractivity (Wildman–Crippen MR) is 133 cm³/mol. The number of ether oxygens (including phenoxy) is 1. The van der Waals surface area contributed by atoms with Crippen molar-refractivity contribution in [2.45, 2.75) is 33.3 Å². The Labute approximate surface area is 197 Å². The summed E-state index contributed by atoms with van der Waals surface area (Å²) in [6.07, 6.45) is 3.67. The summed E-state index contributed by atoms with van der Waals surface area (Å²) in [5.41, 5.74) is 7.47. The molecular formula is C27H26N4OS. The van der Waals surface area contributed by atoms with E-state index in [2.05, 4.69) is 84.4 Å². The fourth-order valence-corrected chi connectivity index (χ4v) is 4.87. The van der Waals surface area contributed by atoms with E-state index in [0.29, 0.717) is 6.61 Å². The highest BCUT2D eigenvalue weighted by molar-refractivity contribution is 7.14. The molecule has 0 saturated heterocycles. The van der Waals surface area contributed by atoms with Gasteiger partial charge in [0.05, 0.1) is 17.6 Å². The Bertz CT molecular complexity index is 1330. The van der Waals surface area contributed by atoms with Gasteiger partial charge in [0.2, 0.25) is 4.96 Å². The smallest absolute Gasteiger partial charge is 0.212 e. The van der Waals surface area contributed by atoms with Crippen molar-refractivity contribution in [1.29, 1.82) is 0 Å². The number of fused-ring (bicyclic) bond motifs is 1. The molecule has 6 heteroatoms. The van der Waals surface area contributed by atoms with Gasteiger partial charge in [0, 0.05) is 17.7 Å². The number of pyridine rings is 1. The van der Waals surface area contributed by atoms with E-state index >= 15 is 0 Å². The Morgan fingerprint density at radius 2 is 1.64 bits per heavy atom. The molecule has 5 nitrogen and oxygen atoms in total. The molecule has 0 spiro atoms. The lowest BCUT2D eigenvalue weighted by molar-refractivity contribution is 0.301. The van der Waals surface area contributed by atoms with E-state index < -0.39 is 0 Å². The second-order valence-electron chi connectivity index (χ2n) is 9.18. The van der Waals surface area contributed by atoms with Crippen LogP contribution < -0.4 is 4.74 Å². The normalized spacial score (nSPS) is 12.7. The molecule has 0 aliphatic heterocycles. The molecule has 5 aromatic rings. The van der Waals surface area contributed by atoms with Crippen LogP contribution in [-0.2, 0) is 6.61 Å². The third kappa shape index (κ3) is 4.52. The zero-order valence-corrected chi connectivity index (χ0v) is 19.8. The molecule has 0 aliphatic carbocycles. The van der Waals surface area contributed by atoms with Gasteiger partial charge in [-0.3, -0.25) is 4.98 Å². The van der Waals surface area contributed by atoms with Gasteiger partial charge in [-0.15, -0.1) is 0 Å². The Morgan fingerprint density at radius 1 is 0.909 bits per heavy atom. The molecule has 1 atom stereocenters. The Kier molecular flexibility index (Phi) is 5.68. The van der Waals surface area contributed by atoms with Crippen LogP contribution in [0.2, 0.25) is 0 Å².